The summed E-state index contributed by atoms with van der Waals surface area (Å²) in [6, 6.07) is 2.86. The maximum absolute atomic E-state index is 12.4. The number of aromatic carboxylic acids is 1. The van der Waals surface area contributed by atoms with Gasteiger partial charge >= 0.3 is 5.97 Å². The van der Waals surface area contributed by atoms with Gasteiger partial charge in [-0.1, -0.05) is 0 Å². The van der Waals surface area contributed by atoms with Crippen LogP contribution in [-0.4, -0.2) is 41.7 Å². The molecule has 1 aliphatic rings. The van der Waals surface area contributed by atoms with Crippen molar-refractivity contribution < 1.29 is 19.4 Å². The van der Waals surface area contributed by atoms with Gasteiger partial charge in [0.1, 0.15) is 0 Å². The molecule has 0 aromatic carbocycles. The number of ether oxygens (including phenoxy) is 1. The molecule has 0 unspecified atom stereocenters. The van der Waals surface area contributed by atoms with Crippen LogP contribution in [0.1, 0.15) is 28.9 Å². The number of hydrogen-bond donors (Lipinski definition) is 3. The lowest BCUT2D eigenvalue weighted by Gasteiger charge is -2.34. The monoisotopic (exact) mass is 293 g/mol. The fourth-order valence-electron chi connectivity index (χ4n) is 2.35. The molecule has 0 bridgehead atoms. The zero-order valence-electron chi connectivity index (χ0n) is 11.7. The molecular formula is C14H19N3O4. The molecule has 1 aromatic heterocycles. The Hall–Kier alpha value is -1.99. The summed E-state index contributed by atoms with van der Waals surface area (Å²) in [6.45, 7) is 1.50. The summed E-state index contributed by atoms with van der Waals surface area (Å²) in [7, 11) is 0. The molecule has 0 aliphatic carbocycles. The van der Waals surface area contributed by atoms with Crippen LogP contribution in [0.5, 0.6) is 0 Å². The Balaban J connectivity index is 2.00. The second-order valence-electron chi connectivity index (χ2n) is 5.12. The van der Waals surface area contributed by atoms with Crippen LogP contribution in [0.15, 0.2) is 18.3 Å². The van der Waals surface area contributed by atoms with E-state index in [0.29, 0.717) is 31.7 Å². The highest BCUT2D eigenvalue weighted by molar-refractivity contribution is 5.87. The van der Waals surface area contributed by atoms with Crippen LogP contribution >= 0.6 is 0 Å². The zero-order valence-corrected chi connectivity index (χ0v) is 11.7. The van der Waals surface area contributed by atoms with Crippen LogP contribution in [0.4, 0.5) is 0 Å². The summed E-state index contributed by atoms with van der Waals surface area (Å²) in [5.41, 5.74) is 5.82. The number of carboxylic acids is 1. The molecule has 7 heteroatoms. The number of carbonyl (C=O) groups excluding carboxylic acids is 1. The van der Waals surface area contributed by atoms with Crippen molar-refractivity contribution in [2.75, 3.05) is 19.8 Å². The highest BCUT2D eigenvalue weighted by Gasteiger charge is 2.38. The molecule has 0 radical (unpaired) electrons. The molecule has 0 atom stereocenters. The molecule has 2 rings (SSSR count). The van der Waals surface area contributed by atoms with Gasteiger partial charge in [-0.15, -0.1) is 0 Å². The highest BCUT2D eigenvalue weighted by Crippen LogP contribution is 2.29. The van der Waals surface area contributed by atoms with Crippen molar-refractivity contribution in [3.05, 3.63) is 29.6 Å². The highest BCUT2D eigenvalue weighted by atomic mass is 16.5. The Morgan fingerprint density at radius 1 is 1.43 bits per heavy atom. The largest absolute Gasteiger partial charge is 0.478 e. The Labute approximate surface area is 122 Å². The SMILES string of the molecule is NCC1(C(=O)NCc2cc(C(=O)O)ccn2)CCOCC1. The molecule has 1 saturated heterocycles. The normalized spacial score (nSPS) is 17.2. The number of carbonyl (C=O) groups is 2. The van der Waals surface area contributed by atoms with Gasteiger partial charge in [-0.3, -0.25) is 9.78 Å². The van der Waals surface area contributed by atoms with Crippen molar-refractivity contribution in [3.63, 3.8) is 0 Å². The van der Waals surface area contributed by atoms with Gasteiger partial charge in [0.05, 0.1) is 23.2 Å². The molecule has 4 N–H and O–H groups in total. The van der Waals surface area contributed by atoms with E-state index in [9.17, 15) is 9.59 Å². The van der Waals surface area contributed by atoms with Gasteiger partial charge in [0.25, 0.3) is 0 Å². The summed E-state index contributed by atoms with van der Waals surface area (Å²) in [4.78, 5) is 27.3. The van der Waals surface area contributed by atoms with Crippen LogP contribution < -0.4 is 11.1 Å². The fourth-order valence-corrected chi connectivity index (χ4v) is 2.35. The summed E-state index contributed by atoms with van der Waals surface area (Å²) in [5, 5.41) is 11.7. The minimum absolute atomic E-state index is 0.129. The summed E-state index contributed by atoms with van der Waals surface area (Å²) in [6.07, 6.45) is 2.61. The van der Waals surface area contributed by atoms with E-state index in [0.717, 1.165) is 0 Å². The van der Waals surface area contributed by atoms with Crippen molar-refractivity contribution in [1.82, 2.24) is 10.3 Å². The summed E-state index contributed by atoms with van der Waals surface area (Å²) < 4.78 is 5.27. The van der Waals surface area contributed by atoms with E-state index in [-0.39, 0.29) is 24.6 Å². The quantitative estimate of drug-likeness (QED) is 0.712. The molecule has 21 heavy (non-hydrogen) atoms. The van der Waals surface area contributed by atoms with Gasteiger partial charge in [-0.25, -0.2) is 4.79 Å². The second kappa shape index (κ2) is 6.64. The van der Waals surface area contributed by atoms with E-state index in [2.05, 4.69) is 10.3 Å². The number of amides is 1. The minimum atomic E-state index is -1.02. The first kappa shape index (κ1) is 15.4. The zero-order chi connectivity index (χ0) is 15.3. The van der Waals surface area contributed by atoms with Crippen molar-refractivity contribution in [1.29, 1.82) is 0 Å². The third kappa shape index (κ3) is 3.56. The molecule has 1 fully saturated rings. The molecule has 1 amide bonds. The van der Waals surface area contributed by atoms with E-state index in [1.165, 1.54) is 18.3 Å². The number of aromatic nitrogens is 1. The molecule has 7 nitrogen and oxygen atoms in total. The minimum Gasteiger partial charge on any atom is -0.478 e. The molecule has 1 aromatic rings. The first-order chi connectivity index (χ1) is 10.1. The standard InChI is InChI=1S/C14H19N3O4/c15-9-14(2-5-21-6-3-14)13(20)17-8-11-7-10(12(18)19)1-4-16-11/h1,4,7H,2-3,5-6,8-9,15H2,(H,17,20)(H,18,19). The maximum atomic E-state index is 12.4. The van der Waals surface area contributed by atoms with Crippen LogP contribution in [0.3, 0.4) is 0 Å². The molecule has 0 saturated carbocycles. The number of pyridine rings is 1. The summed E-state index contributed by atoms with van der Waals surface area (Å²) >= 11 is 0. The smallest absolute Gasteiger partial charge is 0.335 e. The number of nitrogens with zero attached hydrogens (tertiary/aromatic N) is 1. The van der Waals surface area contributed by atoms with Crippen LogP contribution in [0.2, 0.25) is 0 Å². The Bertz CT molecular complexity index is 527. The number of nitrogens with two attached hydrogens (primary N) is 1. The predicted molar refractivity (Wildman–Crippen MR) is 74.6 cm³/mol. The third-order valence-corrected chi connectivity index (χ3v) is 3.82. The average Bonchev–Trinajstić information content (AvgIpc) is 2.53. The van der Waals surface area contributed by atoms with Gasteiger partial charge in [0.2, 0.25) is 5.91 Å². The molecule has 2 heterocycles. The fraction of sp³-hybridized carbons (Fsp3) is 0.500. The molecule has 114 valence electrons. The van der Waals surface area contributed by atoms with E-state index < -0.39 is 11.4 Å². The second-order valence-corrected chi connectivity index (χ2v) is 5.12. The number of hydrogen-bond acceptors (Lipinski definition) is 5. The van der Waals surface area contributed by atoms with Crippen molar-refractivity contribution >= 4 is 11.9 Å². The van der Waals surface area contributed by atoms with E-state index in [4.69, 9.17) is 15.6 Å². The van der Waals surface area contributed by atoms with Crippen molar-refractivity contribution in [3.8, 4) is 0 Å². The van der Waals surface area contributed by atoms with E-state index in [1.807, 2.05) is 0 Å². The Morgan fingerprint density at radius 2 is 2.14 bits per heavy atom. The van der Waals surface area contributed by atoms with Crippen LogP contribution in [-0.2, 0) is 16.1 Å². The number of nitrogens with one attached hydrogen (secondary N) is 1. The molecular weight excluding hydrogens is 274 g/mol. The topological polar surface area (TPSA) is 115 Å². The van der Waals surface area contributed by atoms with Crippen LogP contribution in [0, 0.1) is 5.41 Å². The van der Waals surface area contributed by atoms with Gasteiger partial charge in [-0.05, 0) is 25.0 Å². The Morgan fingerprint density at radius 3 is 2.76 bits per heavy atom. The van der Waals surface area contributed by atoms with Crippen molar-refractivity contribution in [2.24, 2.45) is 11.1 Å². The molecule has 1 aliphatic heterocycles. The van der Waals surface area contributed by atoms with Gasteiger partial charge in [0, 0.05) is 26.0 Å². The molecule has 0 spiro atoms. The lowest BCUT2D eigenvalue weighted by molar-refractivity contribution is -0.136. The predicted octanol–water partition coefficient (Wildman–Crippen LogP) is 0.151. The third-order valence-electron chi connectivity index (χ3n) is 3.82. The van der Waals surface area contributed by atoms with Gasteiger partial charge in [-0.2, -0.15) is 0 Å². The first-order valence-corrected chi connectivity index (χ1v) is 6.82. The van der Waals surface area contributed by atoms with Crippen LogP contribution in [0.25, 0.3) is 0 Å². The van der Waals surface area contributed by atoms with Gasteiger partial charge < -0.3 is 20.9 Å². The lowest BCUT2D eigenvalue weighted by atomic mass is 9.79. The Kier molecular flexibility index (Phi) is 4.87. The number of carboxylic acid groups (broad SMARTS) is 1. The van der Waals surface area contributed by atoms with Crippen molar-refractivity contribution in [2.45, 2.75) is 19.4 Å². The summed E-state index contributed by atoms with van der Waals surface area (Å²) in [5.74, 6) is -1.15. The average molecular weight is 293 g/mol. The maximum Gasteiger partial charge on any atom is 0.335 e. The van der Waals surface area contributed by atoms with E-state index in [1.54, 1.807) is 0 Å². The lowest BCUT2D eigenvalue weighted by Crippen LogP contribution is -2.49. The number of rotatable bonds is 5. The van der Waals surface area contributed by atoms with E-state index >= 15 is 0 Å². The van der Waals surface area contributed by atoms with Gasteiger partial charge in [0.15, 0.2) is 0 Å². The first-order valence-electron chi connectivity index (χ1n) is 6.82.